The van der Waals surface area contributed by atoms with Gasteiger partial charge in [0.1, 0.15) is 12.4 Å². The van der Waals surface area contributed by atoms with Crippen LogP contribution in [0.5, 0.6) is 0 Å². The third-order valence-corrected chi connectivity index (χ3v) is 2.33. The van der Waals surface area contributed by atoms with Crippen molar-refractivity contribution in [1.82, 2.24) is 0 Å². The molecule has 0 unspecified atom stereocenters. The lowest BCUT2D eigenvalue weighted by Gasteiger charge is -2.23. The molecule has 1 aromatic rings. The third-order valence-electron chi connectivity index (χ3n) is 2.33. The van der Waals surface area contributed by atoms with Gasteiger partial charge in [-0.3, -0.25) is 0 Å². The van der Waals surface area contributed by atoms with E-state index in [1.165, 1.54) is 0 Å². The summed E-state index contributed by atoms with van der Waals surface area (Å²) in [6.45, 7) is -1.69. The Morgan fingerprint density at radius 3 is 2.11 bits per heavy atom. The summed E-state index contributed by atoms with van der Waals surface area (Å²) in [6.07, 6.45) is -5.01. The molecular formula is C10H10ClF6NO. The Kier molecular flexibility index (Phi) is 5.66. The van der Waals surface area contributed by atoms with Crippen molar-refractivity contribution in [3.05, 3.63) is 35.1 Å². The van der Waals surface area contributed by atoms with E-state index in [1.54, 1.807) is 0 Å². The van der Waals surface area contributed by atoms with Crippen LogP contribution in [0.3, 0.4) is 0 Å². The molecule has 110 valence electrons. The molecular weight excluding hydrogens is 300 g/mol. The summed E-state index contributed by atoms with van der Waals surface area (Å²) >= 11 is 0. The van der Waals surface area contributed by atoms with Crippen molar-refractivity contribution in [3.8, 4) is 0 Å². The summed E-state index contributed by atoms with van der Waals surface area (Å²) in [5, 5.41) is 8.37. The van der Waals surface area contributed by atoms with Crippen molar-refractivity contribution >= 4 is 12.4 Å². The van der Waals surface area contributed by atoms with Crippen LogP contribution in [0.4, 0.5) is 26.3 Å². The summed E-state index contributed by atoms with van der Waals surface area (Å²) in [6, 6.07) is -0.444. The molecule has 0 saturated carbocycles. The maximum Gasteiger partial charge on any atom is 0.419 e. The van der Waals surface area contributed by atoms with Crippen LogP contribution in [0.2, 0.25) is 0 Å². The Morgan fingerprint density at radius 2 is 1.68 bits per heavy atom. The number of benzene rings is 1. The van der Waals surface area contributed by atoms with Gasteiger partial charge in [0, 0.05) is 5.56 Å². The van der Waals surface area contributed by atoms with Crippen molar-refractivity contribution in [2.45, 2.75) is 18.1 Å². The van der Waals surface area contributed by atoms with Gasteiger partial charge in [-0.1, -0.05) is 12.1 Å². The van der Waals surface area contributed by atoms with Crippen molar-refractivity contribution in [3.63, 3.8) is 0 Å². The minimum Gasteiger partial charge on any atom is -0.390 e. The smallest absolute Gasteiger partial charge is 0.390 e. The molecule has 0 aromatic heterocycles. The Balaban J connectivity index is 0.00000324. The fraction of sp³-hybridized carbons (Fsp3) is 0.400. The van der Waals surface area contributed by atoms with Gasteiger partial charge in [0.05, 0.1) is 11.6 Å². The zero-order valence-corrected chi connectivity index (χ0v) is 10.0. The summed E-state index contributed by atoms with van der Waals surface area (Å²) < 4.78 is 76.6. The second-order valence-corrected chi connectivity index (χ2v) is 3.60. The van der Waals surface area contributed by atoms with E-state index in [4.69, 9.17) is 10.8 Å². The van der Waals surface area contributed by atoms with Gasteiger partial charge in [-0.25, -0.2) is 13.2 Å². The van der Waals surface area contributed by atoms with Crippen LogP contribution in [-0.2, 0) is 6.18 Å². The standard InChI is InChI=1S/C10H9F6NO.ClH/c11-7-5(8(17)9(12,13)4-18)2-1-3-6(7)10(14,15)16;/h1-3,8,18H,4,17H2;1H/t8-;/m1./s1. The van der Waals surface area contributed by atoms with Gasteiger partial charge in [-0.15, -0.1) is 12.4 Å². The zero-order valence-electron chi connectivity index (χ0n) is 9.22. The van der Waals surface area contributed by atoms with E-state index < -0.39 is 41.7 Å². The Morgan fingerprint density at radius 1 is 1.16 bits per heavy atom. The summed E-state index contributed by atoms with van der Waals surface area (Å²) in [5.41, 5.74) is 2.31. The highest BCUT2D eigenvalue weighted by molar-refractivity contribution is 5.85. The zero-order chi connectivity index (χ0) is 14.1. The normalized spacial score (nSPS) is 13.9. The molecule has 0 bridgehead atoms. The molecule has 1 rings (SSSR count). The van der Waals surface area contributed by atoms with Crippen LogP contribution in [0.25, 0.3) is 0 Å². The van der Waals surface area contributed by atoms with Gasteiger partial charge in [0.15, 0.2) is 0 Å². The largest absolute Gasteiger partial charge is 0.419 e. The van der Waals surface area contributed by atoms with E-state index in [0.717, 1.165) is 12.1 Å². The maximum absolute atomic E-state index is 13.5. The topological polar surface area (TPSA) is 46.2 Å². The number of nitrogens with two attached hydrogens (primary N) is 1. The second-order valence-electron chi connectivity index (χ2n) is 3.60. The van der Waals surface area contributed by atoms with E-state index in [1.807, 2.05) is 0 Å². The second kappa shape index (κ2) is 5.98. The first-order chi connectivity index (χ1) is 8.11. The number of halogens is 7. The number of hydrogen-bond donors (Lipinski definition) is 2. The van der Waals surface area contributed by atoms with Gasteiger partial charge >= 0.3 is 6.18 Å². The highest BCUT2D eigenvalue weighted by atomic mass is 35.5. The van der Waals surface area contributed by atoms with Crippen LogP contribution in [0, 0.1) is 5.82 Å². The fourth-order valence-corrected chi connectivity index (χ4v) is 1.33. The Labute approximate surface area is 110 Å². The van der Waals surface area contributed by atoms with E-state index in [9.17, 15) is 26.3 Å². The van der Waals surface area contributed by atoms with Gasteiger partial charge in [0.25, 0.3) is 5.92 Å². The highest BCUT2D eigenvalue weighted by Crippen LogP contribution is 2.36. The molecule has 0 aliphatic rings. The molecule has 9 heteroatoms. The van der Waals surface area contributed by atoms with Crippen molar-refractivity contribution < 1.29 is 31.4 Å². The van der Waals surface area contributed by atoms with Crippen molar-refractivity contribution in [2.75, 3.05) is 6.61 Å². The summed E-state index contributed by atoms with van der Waals surface area (Å²) in [5.74, 6) is -5.77. The van der Waals surface area contributed by atoms with E-state index in [0.29, 0.717) is 6.07 Å². The first kappa shape index (κ1) is 18.0. The average molecular weight is 310 g/mol. The molecule has 3 N–H and O–H groups in total. The average Bonchev–Trinajstić information content (AvgIpc) is 2.27. The van der Waals surface area contributed by atoms with Gasteiger partial charge in [0.2, 0.25) is 0 Å². The fourth-order valence-electron chi connectivity index (χ4n) is 1.33. The quantitative estimate of drug-likeness (QED) is 0.843. The number of alkyl halides is 5. The molecule has 0 heterocycles. The molecule has 0 saturated heterocycles. The van der Waals surface area contributed by atoms with Crippen LogP contribution in [-0.4, -0.2) is 17.6 Å². The molecule has 1 atom stereocenters. The molecule has 0 amide bonds. The lowest BCUT2D eigenvalue weighted by atomic mass is 9.98. The first-order valence-electron chi connectivity index (χ1n) is 4.71. The number of aliphatic hydroxyl groups is 1. The minimum absolute atomic E-state index is 0. The number of hydrogen-bond acceptors (Lipinski definition) is 2. The molecule has 19 heavy (non-hydrogen) atoms. The van der Waals surface area contributed by atoms with E-state index in [2.05, 4.69) is 0 Å². The van der Waals surface area contributed by atoms with Gasteiger partial charge in [-0.2, -0.15) is 13.2 Å². The molecule has 0 aliphatic carbocycles. The Bertz CT molecular complexity index is 437. The van der Waals surface area contributed by atoms with Crippen molar-refractivity contribution in [2.24, 2.45) is 5.73 Å². The molecule has 2 nitrogen and oxygen atoms in total. The number of rotatable bonds is 3. The lowest BCUT2D eigenvalue weighted by Crippen LogP contribution is -2.37. The van der Waals surface area contributed by atoms with Gasteiger partial charge in [-0.05, 0) is 6.07 Å². The molecule has 0 aliphatic heterocycles. The highest BCUT2D eigenvalue weighted by Gasteiger charge is 2.41. The van der Waals surface area contributed by atoms with Crippen molar-refractivity contribution in [1.29, 1.82) is 0 Å². The van der Waals surface area contributed by atoms with Crippen LogP contribution in [0.15, 0.2) is 18.2 Å². The Hall–Kier alpha value is -0.990. The number of aliphatic hydroxyl groups excluding tert-OH is 1. The minimum atomic E-state index is -5.01. The van der Waals surface area contributed by atoms with E-state index in [-0.39, 0.29) is 12.4 Å². The van der Waals surface area contributed by atoms with Gasteiger partial charge < -0.3 is 10.8 Å². The van der Waals surface area contributed by atoms with E-state index >= 15 is 0 Å². The lowest BCUT2D eigenvalue weighted by molar-refractivity contribution is -0.140. The molecule has 0 spiro atoms. The van der Waals surface area contributed by atoms with Crippen LogP contribution >= 0.6 is 12.4 Å². The molecule has 1 aromatic carbocycles. The predicted molar refractivity (Wildman–Crippen MR) is 57.6 cm³/mol. The molecule has 0 fully saturated rings. The predicted octanol–water partition coefficient (Wildman–Crippen LogP) is 2.89. The summed E-state index contributed by atoms with van der Waals surface area (Å²) in [4.78, 5) is 0. The molecule has 0 radical (unpaired) electrons. The van der Waals surface area contributed by atoms with Crippen LogP contribution < -0.4 is 5.73 Å². The third kappa shape index (κ3) is 3.74. The monoisotopic (exact) mass is 309 g/mol. The summed E-state index contributed by atoms with van der Waals surface area (Å²) in [7, 11) is 0. The first-order valence-corrected chi connectivity index (χ1v) is 4.71. The SMILES string of the molecule is Cl.N[C@H](c1cccc(C(F)(F)F)c1F)C(F)(F)CO. The maximum atomic E-state index is 13.5. The van der Waals surface area contributed by atoms with Crippen LogP contribution in [0.1, 0.15) is 17.2 Å².